The molecule has 3 aromatic carbocycles. The van der Waals surface area contributed by atoms with Crippen molar-refractivity contribution in [2.75, 3.05) is 6.61 Å². The van der Waals surface area contributed by atoms with E-state index in [2.05, 4.69) is 36.1 Å². The number of aliphatic carboxylic acids is 1. The van der Waals surface area contributed by atoms with Gasteiger partial charge < -0.3 is 9.84 Å². The second-order valence-corrected chi connectivity index (χ2v) is 10.8. The van der Waals surface area contributed by atoms with Crippen LogP contribution in [0.2, 0.25) is 0 Å². The number of hydrogen-bond acceptors (Lipinski definition) is 3. The molecule has 0 heterocycles. The Morgan fingerprint density at radius 3 is 1.83 bits per heavy atom. The molecule has 0 bridgehead atoms. The summed E-state index contributed by atoms with van der Waals surface area (Å²) in [6.07, 6.45) is 0.608. The van der Waals surface area contributed by atoms with Gasteiger partial charge in [-0.1, -0.05) is 112 Å². The van der Waals surface area contributed by atoms with Gasteiger partial charge in [-0.05, 0) is 42.4 Å². The van der Waals surface area contributed by atoms with Crippen molar-refractivity contribution in [3.05, 3.63) is 108 Å². The average Bonchev–Trinajstić information content (AvgIpc) is 2.88. The van der Waals surface area contributed by atoms with Crippen molar-refractivity contribution in [2.45, 2.75) is 66.3 Å². The number of carboxylic acid groups (broad SMARTS) is 1. The molecule has 3 aromatic rings. The fraction of sp³-hybridized carbons (Fsp3) is 0.406. The first-order valence-electron chi connectivity index (χ1n) is 12.8. The Bertz CT molecular complexity index is 1060. The van der Waals surface area contributed by atoms with Gasteiger partial charge in [0.1, 0.15) is 0 Å². The number of rotatable bonds is 12. The maximum Gasteiger partial charge on any atom is 0.311 e. The first-order chi connectivity index (χ1) is 17.1. The van der Waals surface area contributed by atoms with E-state index < -0.39 is 16.8 Å². The van der Waals surface area contributed by atoms with Crippen LogP contribution < -0.4 is 0 Å². The van der Waals surface area contributed by atoms with Gasteiger partial charge in [0.05, 0.1) is 12.0 Å². The van der Waals surface area contributed by atoms with Crippen molar-refractivity contribution >= 4 is 5.97 Å². The van der Waals surface area contributed by atoms with Crippen molar-refractivity contribution in [1.29, 1.82) is 0 Å². The molecule has 192 valence electrons. The molecule has 0 saturated heterocycles. The molecule has 0 aromatic heterocycles. The van der Waals surface area contributed by atoms with Crippen LogP contribution in [0.5, 0.6) is 0 Å². The number of ether oxygens (including phenoxy) is 1. The van der Waals surface area contributed by atoms with Crippen LogP contribution in [0.3, 0.4) is 0 Å². The van der Waals surface area contributed by atoms with Gasteiger partial charge in [0, 0.05) is 25.2 Å². The van der Waals surface area contributed by atoms with Crippen LogP contribution in [-0.4, -0.2) is 28.6 Å². The molecule has 0 saturated carbocycles. The lowest BCUT2D eigenvalue weighted by atomic mass is 9.62. The van der Waals surface area contributed by atoms with E-state index in [4.69, 9.17) is 4.74 Å². The van der Waals surface area contributed by atoms with Crippen LogP contribution in [0.4, 0.5) is 0 Å². The van der Waals surface area contributed by atoms with E-state index in [1.165, 1.54) is 5.56 Å². The third-order valence-corrected chi connectivity index (χ3v) is 7.70. The van der Waals surface area contributed by atoms with Gasteiger partial charge >= 0.3 is 5.97 Å². The highest BCUT2D eigenvalue weighted by molar-refractivity contribution is 5.76. The van der Waals surface area contributed by atoms with E-state index in [1.807, 2.05) is 94.4 Å². The van der Waals surface area contributed by atoms with Crippen LogP contribution in [0.25, 0.3) is 0 Å². The molecule has 3 atom stereocenters. The third kappa shape index (κ3) is 6.63. The van der Waals surface area contributed by atoms with Gasteiger partial charge in [0.25, 0.3) is 0 Å². The molecule has 0 radical (unpaired) electrons. The molecular weight excluding hydrogens is 446 g/mol. The monoisotopic (exact) mass is 487 g/mol. The minimum Gasteiger partial charge on any atom is -0.481 e. The van der Waals surface area contributed by atoms with Gasteiger partial charge in [-0.15, -0.1) is 0 Å². The van der Waals surface area contributed by atoms with E-state index in [0.717, 1.165) is 11.1 Å². The predicted octanol–water partition coefficient (Wildman–Crippen LogP) is 7.36. The van der Waals surface area contributed by atoms with Crippen molar-refractivity contribution in [2.24, 2.45) is 10.8 Å². The zero-order valence-electron chi connectivity index (χ0n) is 22.4. The smallest absolute Gasteiger partial charge is 0.311 e. The summed E-state index contributed by atoms with van der Waals surface area (Å²) in [6.45, 7) is 11.8. The van der Waals surface area contributed by atoms with Crippen molar-refractivity contribution in [3.8, 4) is 0 Å². The summed E-state index contributed by atoms with van der Waals surface area (Å²) >= 11 is 0. The summed E-state index contributed by atoms with van der Waals surface area (Å²) in [5, 5.41) is 10.7. The molecule has 0 aliphatic rings. The summed E-state index contributed by atoms with van der Waals surface area (Å²) in [7, 11) is 0. The molecule has 1 unspecified atom stereocenters. The van der Waals surface area contributed by atoms with E-state index >= 15 is 0 Å². The number of nitrogens with zero attached hydrogens (tertiary/aromatic N) is 1. The Morgan fingerprint density at radius 2 is 1.33 bits per heavy atom. The topological polar surface area (TPSA) is 49.8 Å². The third-order valence-electron chi connectivity index (χ3n) is 7.70. The number of benzene rings is 3. The standard InChI is InChI=1S/C32H41NO3/c1-25(28-19-13-8-14-20-28)33(23-26-15-9-6-10-16-26)29(32(5,30(34)35)31(2,3)4)21-22-36-24-27-17-11-7-12-18-27/h6-20,25,29H,21-24H2,1-5H3,(H,34,35)/t25-,29-,32?/m0/s1. The Labute approximate surface area is 216 Å². The number of carboxylic acids is 1. The van der Waals surface area contributed by atoms with E-state index in [1.54, 1.807) is 0 Å². The highest BCUT2D eigenvalue weighted by atomic mass is 16.5. The van der Waals surface area contributed by atoms with Crippen molar-refractivity contribution < 1.29 is 14.6 Å². The molecule has 4 heteroatoms. The van der Waals surface area contributed by atoms with Gasteiger partial charge in [-0.3, -0.25) is 9.69 Å². The maximum absolute atomic E-state index is 13.0. The largest absolute Gasteiger partial charge is 0.481 e. The number of carbonyl (C=O) groups is 1. The zero-order chi connectivity index (χ0) is 26.2. The highest BCUT2D eigenvalue weighted by Crippen LogP contribution is 2.47. The second kappa shape index (κ2) is 12.3. The molecule has 3 rings (SSSR count). The lowest BCUT2D eigenvalue weighted by molar-refractivity contribution is -0.164. The van der Waals surface area contributed by atoms with Gasteiger partial charge in [0.15, 0.2) is 0 Å². The van der Waals surface area contributed by atoms with Crippen LogP contribution >= 0.6 is 0 Å². The summed E-state index contributed by atoms with van der Waals surface area (Å²) in [5.74, 6) is -0.776. The lowest BCUT2D eigenvalue weighted by Gasteiger charge is -2.50. The number of hydrogen-bond donors (Lipinski definition) is 1. The Kier molecular flexibility index (Phi) is 9.47. The summed E-state index contributed by atoms with van der Waals surface area (Å²) in [6, 6.07) is 30.5. The average molecular weight is 488 g/mol. The Hall–Kier alpha value is -2.95. The molecule has 0 aliphatic carbocycles. The van der Waals surface area contributed by atoms with Gasteiger partial charge in [0.2, 0.25) is 0 Å². The fourth-order valence-corrected chi connectivity index (χ4v) is 4.94. The van der Waals surface area contributed by atoms with Crippen LogP contribution in [0, 0.1) is 10.8 Å². The lowest BCUT2D eigenvalue weighted by Crippen LogP contribution is -2.57. The van der Waals surface area contributed by atoms with E-state index in [9.17, 15) is 9.90 Å². The highest BCUT2D eigenvalue weighted by Gasteiger charge is 2.53. The normalized spacial score (nSPS) is 15.3. The SMILES string of the molecule is C[C@@H](c1ccccc1)N(Cc1ccccc1)[C@@H](CCOCc1ccccc1)C(C)(C(=O)O)C(C)(C)C. The van der Waals surface area contributed by atoms with E-state index in [0.29, 0.717) is 26.2 Å². The van der Waals surface area contributed by atoms with Gasteiger partial charge in [-0.25, -0.2) is 0 Å². The molecule has 0 spiro atoms. The van der Waals surface area contributed by atoms with Crippen LogP contribution in [-0.2, 0) is 22.7 Å². The molecule has 4 nitrogen and oxygen atoms in total. The summed E-state index contributed by atoms with van der Waals surface area (Å²) < 4.78 is 6.10. The Balaban J connectivity index is 1.98. The van der Waals surface area contributed by atoms with E-state index in [-0.39, 0.29) is 12.1 Å². The van der Waals surface area contributed by atoms with Crippen LogP contribution in [0.1, 0.15) is 63.8 Å². The molecule has 0 aliphatic heterocycles. The molecular formula is C32H41NO3. The Morgan fingerprint density at radius 1 is 0.833 bits per heavy atom. The quantitative estimate of drug-likeness (QED) is 0.271. The minimum absolute atomic E-state index is 0.0200. The zero-order valence-corrected chi connectivity index (χ0v) is 22.4. The fourth-order valence-electron chi connectivity index (χ4n) is 4.94. The first-order valence-corrected chi connectivity index (χ1v) is 12.8. The van der Waals surface area contributed by atoms with Crippen molar-refractivity contribution in [1.82, 2.24) is 4.90 Å². The maximum atomic E-state index is 13.0. The van der Waals surface area contributed by atoms with Gasteiger partial charge in [-0.2, -0.15) is 0 Å². The summed E-state index contributed by atoms with van der Waals surface area (Å²) in [5.41, 5.74) is 1.96. The first kappa shape index (κ1) is 27.6. The summed E-state index contributed by atoms with van der Waals surface area (Å²) in [4.78, 5) is 15.4. The second-order valence-electron chi connectivity index (χ2n) is 10.8. The minimum atomic E-state index is -1.01. The van der Waals surface area contributed by atoms with Crippen molar-refractivity contribution in [3.63, 3.8) is 0 Å². The molecule has 1 N–H and O–H groups in total. The molecule has 0 amide bonds. The van der Waals surface area contributed by atoms with Crippen LogP contribution in [0.15, 0.2) is 91.0 Å². The molecule has 36 heavy (non-hydrogen) atoms. The predicted molar refractivity (Wildman–Crippen MR) is 147 cm³/mol. The molecule has 0 fully saturated rings.